The van der Waals surface area contributed by atoms with Crippen LogP contribution in [0.15, 0.2) is 53.2 Å². The zero-order valence-corrected chi connectivity index (χ0v) is 17.0. The smallest absolute Gasteiger partial charge is 0.259 e. The van der Waals surface area contributed by atoms with Crippen molar-refractivity contribution in [2.75, 3.05) is 12.1 Å². The summed E-state index contributed by atoms with van der Waals surface area (Å²) >= 11 is 0. The number of nitrogens with zero attached hydrogens (tertiary/aromatic N) is 4. The fourth-order valence-electron chi connectivity index (χ4n) is 3.27. The summed E-state index contributed by atoms with van der Waals surface area (Å²) < 4.78 is 17.5. The zero-order valence-electron chi connectivity index (χ0n) is 17.0. The topological polar surface area (TPSA) is 104 Å². The highest BCUT2D eigenvalue weighted by molar-refractivity contribution is 6.05. The Labute approximate surface area is 177 Å². The summed E-state index contributed by atoms with van der Waals surface area (Å²) in [6.07, 6.45) is 2.39. The lowest BCUT2D eigenvalue weighted by Gasteiger charge is -2.05. The number of amides is 1. The molecule has 2 aromatic heterocycles. The monoisotopic (exact) mass is 417 g/mol. The third-order valence-corrected chi connectivity index (χ3v) is 4.93. The first kappa shape index (κ1) is 18.9. The van der Waals surface area contributed by atoms with Gasteiger partial charge in [0.05, 0.1) is 16.9 Å². The molecule has 0 atom stereocenters. The number of nitrogens with one attached hydrogen (secondary N) is 1. The predicted octanol–water partition coefficient (Wildman–Crippen LogP) is 3.77. The molecule has 4 aromatic rings. The minimum absolute atomic E-state index is 0.184. The number of fused-ring (bicyclic) bond motifs is 1. The summed E-state index contributed by atoms with van der Waals surface area (Å²) in [5.74, 6) is 2.16. The van der Waals surface area contributed by atoms with E-state index in [2.05, 4.69) is 20.6 Å². The average molecular weight is 417 g/mol. The highest BCUT2D eigenvalue weighted by atomic mass is 16.7. The van der Waals surface area contributed by atoms with E-state index in [-0.39, 0.29) is 12.7 Å². The summed E-state index contributed by atoms with van der Waals surface area (Å²) in [6, 6.07) is 12.8. The highest BCUT2D eigenvalue weighted by Gasteiger charge is 2.18. The Morgan fingerprint density at radius 3 is 2.71 bits per heavy atom. The third-order valence-electron chi connectivity index (χ3n) is 4.93. The number of rotatable bonds is 5. The molecule has 0 aliphatic carbocycles. The first-order valence-corrected chi connectivity index (χ1v) is 9.81. The first-order valence-electron chi connectivity index (χ1n) is 9.81. The maximum atomic E-state index is 12.8. The molecule has 0 bridgehead atoms. The van der Waals surface area contributed by atoms with Crippen molar-refractivity contribution in [3.63, 3.8) is 0 Å². The van der Waals surface area contributed by atoms with E-state index in [0.29, 0.717) is 46.6 Å². The van der Waals surface area contributed by atoms with Crippen molar-refractivity contribution in [2.45, 2.75) is 20.3 Å². The van der Waals surface area contributed by atoms with Crippen LogP contribution < -0.4 is 14.8 Å². The maximum Gasteiger partial charge on any atom is 0.259 e. The van der Waals surface area contributed by atoms with E-state index < -0.39 is 0 Å². The largest absolute Gasteiger partial charge is 0.454 e. The van der Waals surface area contributed by atoms with E-state index in [1.807, 2.05) is 31.2 Å². The van der Waals surface area contributed by atoms with Crippen LogP contribution in [0, 0.1) is 6.92 Å². The maximum absolute atomic E-state index is 12.8. The van der Waals surface area contributed by atoms with Gasteiger partial charge in [0, 0.05) is 29.9 Å². The lowest BCUT2D eigenvalue weighted by Crippen LogP contribution is -2.12. The number of aromatic nitrogens is 4. The number of aryl methyl sites for hydroxylation is 2. The van der Waals surface area contributed by atoms with Gasteiger partial charge in [-0.05, 0) is 43.3 Å². The molecule has 0 saturated carbocycles. The fourth-order valence-corrected chi connectivity index (χ4v) is 3.27. The van der Waals surface area contributed by atoms with Gasteiger partial charge in [0.15, 0.2) is 11.5 Å². The molecular weight excluding hydrogens is 398 g/mol. The van der Waals surface area contributed by atoms with Crippen LogP contribution >= 0.6 is 0 Å². The van der Waals surface area contributed by atoms with Crippen LogP contribution in [0.4, 0.5) is 5.69 Å². The van der Waals surface area contributed by atoms with Crippen molar-refractivity contribution < 1.29 is 18.8 Å². The van der Waals surface area contributed by atoms with Crippen LogP contribution in [0.3, 0.4) is 0 Å². The van der Waals surface area contributed by atoms with Crippen molar-refractivity contribution in [3.8, 4) is 28.6 Å². The molecular formula is C22H19N5O4. The SMILES string of the molecule is CCc1nc(-c2ccc(-n3cc(C(=O)Nc4ccc5c(c4)OCO5)c(C)n3)cc2)no1. The van der Waals surface area contributed by atoms with E-state index in [9.17, 15) is 4.79 Å². The Balaban J connectivity index is 1.34. The number of carbonyl (C=O) groups excluding carboxylic acids is 1. The van der Waals surface area contributed by atoms with E-state index >= 15 is 0 Å². The van der Waals surface area contributed by atoms with Crippen LogP contribution in [-0.4, -0.2) is 32.6 Å². The molecule has 0 spiro atoms. The van der Waals surface area contributed by atoms with Crippen LogP contribution in [0.2, 0.25) is 0 Å². The second kappa shape index (κ2) is 7.60. The van der Waals surface area contributed by atoms with Crippen LogP contribution in [0.5, 0.6) is 11.5 Å². The van der Waals surface area contributed by atoms with Gasteiger partial charge < -0.3 is 19.3 Å². The van der Waals surface area contributed by atoms with Crippen molar-refractivity contribution in [3.05, 3.63) is 65.8 Å². The van der Waals surface area contributed by atoms with Gasteiger partial charge in [-0.25, -0.2) is 4.68 Å². The quantitative estimate of drug-likeness (QED) is 0.527. The van der Waals surface area contributed by atoms with Gasteiger partial charge in [-0.1, -0.05) is 12.1 Å². The summed E-state index contributed by atoms with van der Waals surface area (Å²) in [6.45, 7) is 3.94. The molecule has 0 fully saturated rings. The summed E-state index contributed by atoms with van der Waals surface area (Å²) in [7, 11) is 0. The molecule has 1 N–H and O–H groups in total. The van der Waals surface area contributed by atoms with E-state index in [1.54, 1.807) is 36.0 Å². The van der Waals surface area contributed by atoms with Crippen LogP contribution in [0.1, 0.15) is 28.9 Å². The predicted molar refractivity (Wildman–Crippen MR) is 111 cm³/mol. The molecule has 3 heterocycles. The molecule has 1 aliphatic heterocycles. The van der Waals surface area contributed by atoms with Gasteiger partial charge in [-0.3, -0.25) is 4.79 Å². The number of hydrogen-bond acceptors (Lipinski definition) is 7. The molecule has 156 valence electrons. The van der Waals surface area contributed by atoms with Crippen molar-refractivity contribution in [1.29, 1.82) is 0 Å². The number of carbonyl (C=O) groups is 1. The number of benzene rings is 2. The Hall–Kier alpha value is -4.14. The van der Waals surface area contributed by atoms with Gasteiger partial charge >= 0.3 is 0 Å². The standard InChI is InChI=1S/C22H19N5O4/c1-3-20-24-21(26-31-20)14-4-7-16(8-5-14)27-11-17(13(2)25-27)22(28)23-15-6-9-18-19(10-15)30-12-29-18/h4-11H,3,12H2,1-2H3,(H,23,28). The van der Waals surface area contributed by atoms with Gasteiger partial charge in [0.2, 0.25) is 18.5 Å². The minimum atomic E-state index is -0.252. The fraction of sp³-hybridized carbons (Fsp3) is 0.182. The molecule has 5 rings (SSSR count). The van der Waals surface area contributed by atoms with Gasteiger partial charge in [-0.15, -0.1) is 0 Å². The molecule has 0 saturated heterocycles. The molecule has 9 nitrogen and oxygen atoms in total. The molecule has 0 radical (unpaired) electrons. The van der Waals surface area contributed by atoms with Crippen molar-refractivity contribution in [1.82, 2.24) is 19.9 Å². The third kappa shape index (κ3) is 3.61. The van der Waals surface area contributed by atoms with Gasteiger partial charge in [0.1, 0.15) is 0 Å². The summed E-state index contributed by atoms with van der Waals surface area (Å²) in [5.41, 5.74) is 3.38. The summed E-state index contributed by atoms with van der Waals surface area (Å²) in [4.78, 5) is 17.1. The first-order chi connectivity index (χ1) is 15.1. The molecule has 2 aromatic carbocycles. The Morgan fingerprint density at radius 1 is 1.13 bits per heavy atom. The molecule has 9 heteroatoms. The minimum Gasteiger partial charge on any atom is -0.454 e. The van der Waals surface area contributed by atoms with Gasteiger partial charge in [0.25, 0.3) is 5.91 Å². The van der Waals surface area contributed by atoms with Gasteiger partial charge in [-0.2, -0.15) is 10.1 Å². The molecule has 1 amide bonds. The van der Waals surface area contributed by atoms with E-state index in [0.717, 1.165) is 11.3 Å². The average Bonchev–Trinajstić information content (AvgIpc) is 3.53. The second-order valence-corrected chi connectivity index (χ2v) is 7.01. The Morgan fingerprint density at radius 2 is 1.94 bits per heavy atom. The lowest BCUT2D eigenvalue weighted by molar-refractivity contribution is 0.102. The lowest BCUT2D eigenvalue weighted by atomic mass is 10.2. The highest BCUT2D eigenvalue weighted by Crippen LogP contribution is 2.34. The second-order valence-electron chi connectivity index (χ2n) is 7.01. The van der Waals surface area contributed by atoms with Crippen LogP contribution in [0.25, 0.3) is 17.1 Å². The Kier molecular flexibility index (Phi) is 4.62. The van der Waals surface area contributed by atoms with E-state index in [4.69, 9.17) is 14.0 Å². The zero-order chi connectivity index (χ0) is 21.4. The Bertz CT molecular complexity index is 1260. The molecule has 0 unspecified atom stereocenters. The molecule has 31 heavy (non-hydrogen) atoms. The normalized spacial score (nSPS) is 12.2. The van der Waals surface area contributed by atoms with Crippen LogP contribution in [-0.2, 0) is 6.42 Å². The van der Waals surface area contributed by atoms with Crippen molar-refractivity contribution in [2.24, 2.45) is 0 Å². The molecule has 1 aliphatic rings. The number of anilines is 1. The van der Waals surface area contributed by atoms with E-state index in [1.165, 1.54) is 0 Å². The summed E-state index contributed by atoms with van der Waals surface area (Å²) in [5, 5.41) is 11.3. The van der Waals surface area contributed by atoms with Crippen molar-refractivity contribution >= 4 is 11.6 Å². The number of ether oxygens (including phenoxy) is 2. The number of hydrogen-bond donors (Lipinski definition) is 1.